The van der Waals surface area contributed by atoms with Gasteiger partial charge in [0.25, 0.3) is 5.91 Å². The average Bonchev–Trinajstić information content (AvgIpc) is 2.64. The average molecular weight is 389 g/mol. The normalized spacial score (nSPS) is 17.8. The molecule has 0 aromatic heterocycles. The molecule has 1 unspecified atom stereocenters. The van der Waals surface area contributed by atoms with E-state index in [9.17, 15) is 14.4 Å². The van der Waals surface area contributed by atoms with Crippen molar-refractivity contribution in [1.29, 1.82) is 0 Å². The molecule has 154 valence electrons. The Morgan fingerprint density at radius 1 is 1.25 bits per heavy atom. The van der Waals surface area contributed by atoms with Crippen LogP contribution in [0, 0.1) is 11.3 Å². The Morgan fingerprint density at radius 3 is 2.68 bits per heavy atom. The van der Waals surface area contributed by atoms with Crippen LogP contribution in [0.2, 0.25) is 0 Å². The van der Waals surface area contributed by atoms with Gasteiger partial charge in [-0.1, -0.05) is 26.8 Å². The van der Waals surface area contributed by atoms with Crippen LogP contribution in [0.5, 0.6) is 0 Å². The Hall–Kier alpha value is -2.41. The number of carbonyl (C=O) groups is 3. The third-order valence-corrected chi connectivity index (χ3v) is 4.91. The monoisotopic (exact) mass is 388 g/mol. The summed E-state index contributed by atoms with van der Waals surface area (Å²) in [6, 6.07) is 6.93. The van der Waals surface area contributed by atoms with Gasteiger partial charge in [-0.15, -0.1) is 0 Å². The molecule has 3 amide bonds. The van der Waals surface area contributed by atoms with Gasteiger partial charge in [-0.2, -0.15) is 0 Å². The second kappa shape index (κ2) is 9.68. The molecule has 0 radical (unpaired) electrons. The second-order valence-electron chi connectivity index (χ2n) is 8.44. The highest BCUT2D eigenvalue weighted by molar-refractivity contribution is 5.98. The molecule has 7 heteroatoms. The first-order chi connectivity index (χ1) is 13.2. The minimum atomic E-state index is -0.500. The molecule has 0 bridgehead atoms. The SMILES string of the molecule is CC(C)(C)C(=O)Nc1cccc(C(=O)NCCCN2CCCC(C(N)=O)C2)c1. The van der Waals surface area contributed by atoms with E-state index in [1.54, 1.807) is 24.3 Å². The summed E-state index contributed by atoms with van der Waals surface area (Å²) in [4.78, 5) is 38.0. The van der Waals surface area contributed by atoms with Crippen molar-refractivity contribution in [2.75, 3.05) is 31.5 Å². The Morgan fingerprint density at radius 2 is 2.00 bits per heavy atom. The van der Waals surface area contributed by atoms with Crippen LogP contribution in [-0.2, 0) is 9.59 Å². The second-order valence-corrected chi connectivity index (χ2v) is 8.44. The molecular weight excluding hydrogens is 356 g/mol. The molecule has 1 aromatic rings. The number of nitrogens with one attached hydrogen (secondary N) is 2. The lowest BCUT2D eigenvalue weighted by atomic mass is 9.95. The number of likely N-dealkylation sites (tertiary alicyclic amines) is 1. The summed E-state index contributed by atoms with van der Waals surface area (Å²) in [5, 5.41) is 5.75. The summed E-state index contributed by atoms with van der Waals surface area (Å²) in [7, 11) is 0. The van der Waals surface area contributed by atoms with Gasteiger partial charge in [0.15, 0.2) is 0 Å². The van der Waals surface area contributed by atoms with Crippen molar-refractivity contribution in [3.8, 4) is 0 Å². The number of benzene rings is 1. The molecule has 1 saturated heterocycles. The van der Waals surface area contributed by atoms with E-state index in [0.29, 0.717) is 24.3 Å². The van der Waals surface area contributed by atoms with Gasteiger partial charge in [-0.05, 0) is 50.6 Å². The maximum atomic E-state index is 12.4. The number of anilines is 1. The molecule has 1 aliphatic rings. The van der Waals surface area contributed by atoms with Gasteiger partial charge in [-0.25, -0.2) is 0 Å². The van der Waals surface area contributed by atoms with Gasteiger partial charge < -0.3 is 21.3 Å². The summed E-state index contributed by atoms with van der Waals surface area (Å²) in [6.45, 7) is 8.57. The van der Waals surface area contributed by atoms with E-state index >= 15 is 0 Å². The lowest BCUT2D eigenvalue weighted by molar-refractivity contribution is -0.124. The highest BCUT2D eigenvalue weighted by atomic mass is 16.2. The van der Waals surface area contributed by atoms with E-state index in [0.717, 1.165) is 32.4 Å². The standard InChI is InChI=1S/C21H32N4O3/c1-21(2,3)20(28)24-17-9-4-7-15(13-17)19(27)23-10-6-12-25-11-5-8-16(14-25)18(22)26/h4,7,9,13,16H,5-6,8,10-12,14H2,1-3H3,(H2,22,26)(H,23,27)(H,24,28). The zero-order valence-corrected chi connectivity index (χ0v) is 17.1. The van der Waals surface area contributed by atoms with Gasteiger partial charge in [0, 0.05) is 29.8 Å². The van der Waals surface area contributed by atoms with Crippen molar-refractivity contribution in [2.45, 2.75) is 40.0 Å². The number of rotatable bonds is 7. The minimum Gasteiger partial charge on any atom is -0.369 e. The predicted molar refractivity (Wildman–Crippen MR) is 110 cm³/mol. The van der Waals surface area contributed by atoms with Crippen molar-refractivity contribution >= 4 is 23.4 Å². The molecule has 1 aromatic carbocycles. The van der Waals surface area contributed by atoms with Gasteiger partial charge in [0.1, 0.15) is 0 Å². The molecule has 1 aliphatic heterocycles. The number of hydrogen-bond acceptors (Lipinski definition) is 4. The number of nitrogens with two attached hydrogens (primary N) is 1. The van der Waals surface area contributed by atoms with Gasteiger partial charge in [0.2, 0.25) is 11.8 Å². The molecular formula is C21H32N4O3. The fourth-order valence-electron chi connectivity index (χ4n) is 3.15. The largest absolute Gasteiger partial charge is 0.369 e. The molecule has 7 nitrogen and oxygen atoms in total. The van der Waals surface area contributed by atoms with Crippen molar-refractivity contribution in [3.05, 3.63) is 29.8 Å². The van der Waals surface area contributed by atoms with Crippen LogP contribution in [0.15, 0.2) is 24.3 Å². The lowest BCUT2D eigenvalue weighted by Crippen LogP contribution is -2.42. The van der Waals surface area contributed by atoms with Crippen molar-refractivity contribution in [2.24, 2.45) is 17.1 Å². The first kappa shape index (κ1) is 21.9. The topological polar surface area (TPSA) is 105 Å². The van der Waals surface area contributed by atoms with E-state index in [1.165, 1.54) is 0 Å². The summed E-state index contributed by atoms with van der Waals surface area (Å²) >= 11 is 0. The molecule has 1 fully saturated rings. The van der Waals surface area contributed by atoms with Crippen LogP contribution in [-0.4, -0.2) is 48.8 Å². The Labute approximate surface area is 167 Å². The molecule has 1 atom stereocenters. The molecule has 1 heterocycles. The summed E-state index contributed by atoms with van der Waals surface area (Å²) < 4.78 is 0. The maximum absolute atomic E-state index is 12.4. The Bertz CT molecular complexity index is 712. The zero-order chi connectivity index (χ0) is 20.7. The Kier molecular flexibility index (Phi) is 7.57. The molecule has 28 heavy (non-hydrogen) atoms. The number of nitrogens with zero attached hydrogens (tertiary/aromatic N) is 1. The first-order valence-electron chi connectivity index (χ1n) is 9.88. The smallest absolute Gasteiger partial charge is 0.251 e. The van der Waals surface area contributed by atoms with E-state index < -0.39 is 5.41 Å². The van der Waals surface area contributed by atoms with E-state index in [4.69, 9.17) is 5.73 Å². The molecule has 0 spiro atoms. The molecule has 2 rings (SSSR count). The third-order valence-electron chi connectivity index (χ3n) is 4.91. The van der Waals surface area contributed by atoms with E-state index in [1.807, 2.05) is 20.8 Å². The number of amides is 3. The fraction of sp³-hybridized carbons (Fsp3) is 0.571. The summed E-state index contributed by atoms with van der Waals surface area (Å²) in [5.74, 6) is -0.549. The van der Waals surface area contributed by atoms with Crippen LogP contribution in [0.1, 0.15) is 50.4 Å². The molecule has 0 saturated carbocycles. The third kappa shape index (κ3) is 6.64. The quantitative estimate of drug-likeness (QED) is 0.621. The van der Waals surface area contributed by atoms with Crippen LogP contribution >= 0.6 is 0 Å². The number of hydrogen-bond donors (Lipinski definition) is 3. The van der Waals surface area contributed by atoms with E-state index in [2.05, 4.69) is 15.5 Å². The number of carbonyl (C=O) groups excluding carboxylic acids is 3. The number of piperidine rings is 1. The van der Waals surface area contributed by atoms with Gasteiger partial charge >= 0.3 is 0 Å². The van der Waals surface area contributed by atoms with Crippen molar-refractivity contribution in [3.63, 3.8) is 0 Å². The van der Waals surface area contributed by atoms with Crippen molar-refractivity contribution in [1.82, 2.24) is 10.2 Å². The number of primary amides is 1. The zero-order valence-electron chi connectivity index (χ0n) is 17.1. The fourth-order valence-corrected chi connectivity index (χ4v) is 3.15. The minimum absolute atomic E-state index is 0.0608. The van der Waals surface area contributed by atoms with Crippen molar-refractivity contribution < 1.29 is 14.4 Å². The van der Waals surface area contributed by atoms with E-state index in [-0.39, 0.29) is 23.6 Å². The van der Waals surface area contributed by atoms with Gasteiger partial charge in [-0.3, -0.25) is 14.4 Å². The predicted octanol–water partition coefficient (Wildman–Crippen LogP) is 1.99. The summed E-state index contributed by atoms with van der Waals surface area (Å²) in [5.41, 5.74) is 6.03. The van der Waals surface area contributed by atoms with Crippen LogP contribution in [0.4, 0.5) is 5.69 Å². The molecule has 0 aliphatic carbocycles. The van der Waals surface area contributed by atoms with Crippen LogP contribution in [0.25, 0.3) is 0 Å². The lowest BCUT2D eigenvalue weighted by Gasteiger charge is -2.31. The Balaban J connectivity index is 1.78. The first-order valence-corrected chi connectivity index (χ1v) is 9.88. The molecule has 4 N–H and O–H groups in total. The highest BCUT2D eigenvalue weighted by Crippen LogP contribution is 2.18. The summed E-state index contributed by atoms with van der Waals surface area (Å²) in [6.07, 6.45) is 2.65. The maximum Gasteiger partial charge on any atom is 0.251 e. The van der Waals surface area contributed by atoms with Crippen LogP contribution < -0.4 is 16.4 Å². The van der Waals surface area contributed by atoms with Gasteiger partial charge in [0.05, 0.1) is 5.92 Å². The highest BCUT2D eigenvalue weighted by Gasteiger charge is 2.23. The van der Waals surface area contributed by atoms with Crippen LogP contribution in [0.3, 0.4) is 0 Å².